The van der Waals surface area contributed by atoms with Crippen LogP contribution in [0.25, 0.3) is 10.8 Å². The van der Waals surface area contributed by atoms with Crippen molar-refractivity contribution < 1.29 is 0 Å². The molecular weight excluding hydrogens is 240 g/mol. The zero-order chi connectivity index (χ0) is 14.4. The van der Waals surface area contributed by atoms with Gasteiger partial charge in [0.25, 0.3) is 0 Å². The second-order valence-corrected chi connectivity index (χ2v) is 5.97. The predicted octanol–water partition coefficient (Wildman–Crippen LogP) is 6.48. The average molecular weight is 268 g/mol. The van der Waals surface area contributed by atoms with Gasteiger partial charge >= 0.3 is 0 Å². The summed E-state index contributed by atoms with van der Waals surface area (Å²) in [6.45, 7) is 7.01. The Balaban J connectivity index is 2.45. The average Bonchev–Trinajstić information content (AvgIpc) is 2.52. The van der Waals surface area contributed by atoms with Crippen LogP contribution >= 0.6 is 0 Å². The maximum absolute atomic E-state index is 2.36. The van der Waals surface area contributed by atoms with Gasteiger partial charge in [-0.2, -0.15) is 0 Å². The lowest BCUT2D eigenvalue weighted by molar-refractivity contribution is 0.353. The molecule has 2 rings (SSSR count). The smallest absolute Gasteiger partial charge is 0.00461 e. The third-order valence-electron chi connectivity index (χ3n) is 4.97. The fourth-order valence-corrected chi connectivity index (χ4v) is 3.52. The molecule has 0 saturated heterocycles. The predicted molar refractivity (Wildman–Crippen MR) is 90.4 cm³/mol. The number of benzene rings is 2. The van der Waals surface area contributed by atoms with E-state index < -0.39 is 0 Å². The first-order valence-electron chi connectivity index (χ1n) is 8.25. The SMILES string of the molecule is CCCCCC(CC)(CC)c1cccc2ccccc12. The molecule has 0 nitrogen and oxygen atoms in total. The molecule has 0 spiro atoms. The van der Waals surface area contributed by atoms with E-state index >= 15 is 0 Å². The lowest BCUT2D eigenvalue weighted by Gasteiger charge is -2.34. The van der Waals surface area contributed by atoms with Crippen LogP contribution in [0.2, 0.25) is 0 Å². The Hall–Kier alpha value is -1.30. The molecule has 0 atom stereocenters. The quantitative estimate of drug-likeness (QED) is 0.504. The van der Waals surface area contributed by atoms with Crippen molar-refractivity contribution in [1.29, 1.82) is 0 Å². The van der Waals surface area contributed by atoms with Gasteiger partial charge in [0.15, 0.2) is 0 Å². The Kier molecular flexibility index (Phi) is 5.23. The van der Waals surface area contributed by atoms with Gasteiger partial charge in [0.2, 0.25) is 0 Å². The molecule has 0 aliphatic carbocycles. The Morgan fingerprint density at radius 3 is 2.20 bits per heavy atom. The first kappa shape index (κ1) is 15.1. The molecule has 2 aromatic carbocycles. The number of hydrogen-bond acceptors (Lipinski definition) is 0. The summed E-state index contributed by atoms with van der Waals surface area (Å²) in [5.41, 5.74) is 1.92. The van der Waals surface area contributed by atoms with E-state index in [1.807, 2.05) is 0 Å². The summed E-state index contributed by atoms with van der Waals surface area (Å²) in [5, 5.41) is 2.84. The van der Waals surface area contributed by atoms with Gasteiger partial charge in [-0.15, -0.1) is 0 Å². The van der Waals surface area contributed by atoms with Crippen LogP contribution in [0.4, 0.5) is 0 Å². The zero-order valence-electron chi connectivity index (χ0n) is 13.3. The molecule has 0 N–H and O–H groups in total. The molecule has 2 aromatic rings. The Morgan fingerprint density at radius 1 is 0.800 bits per heavy atom. The van der Waals surface area contributed by atoms with Crippen LogP contribution in [-0.2, 0) is 5.41 Å². The Labute approximate surface area is 124 Å². The van der Waals surface area contributed by atoms with Crippen molar-refractivity contribution in [1.82, 2.24) is 0 Å². The van der Waals surface area contributed by atoms with Gasteiger partial charge in [-0.25, -0.2) is 0 Å². The summed E-state index contributed by atoms with van der Waals surface area (Å²) in [4.78, 5) is 0. The molecular formula is C20H28. The minimum Gasteiger partial charge on any atom is -0.0654 e. The van der Waals surface area contributed by atoms with E-state index in [0.29, 0.717) is 5.41 Å². The number of rotatable bonds is 7. The molecule has 0 aromatic heterocycles. The second-order valence-electron chi connectivity index (χ2n) is 5.97. The van der Waals surface area contributed by atoms with Crippen molar-refractivity contribution in [2.45, 2.75) is 64.7 Å². The van der Waals surface area contributed by atoms with Crippen LogP contribution in [0.1, 0.15) is 64.9 Å². The second kappa shape index (κ2) is 6.92. The molecule has 0 fully saturated rings. The van der Waals surface area contributed by atoms with Gasteiger partial charge in [-0.1, -0.05) is 82.5 Å². The van der Waals surface area contributed by atoms with Crippen molar-refractivity contribution in [3.63, 3.8) is 0 Å². The fraction of sp³-hybridized carbons (Fsp3) is 0.500. The van der Waals surface area contributed by atoms with Crippen molar-refractivity contribution in [2.24, 2.45) is 0 Å². The minimum absolute atomic E-state index is 0.357. The third-order valence-corrected chi connectivity index (χ3v) is 4.97. The van der Waals surface area contributed by atoms with Crippen molar-refractivity contribution in [3.8, 4) is 0 Å². The van der Waals surface area contributed by atoms with E-state index in [1.54, 1.807) is 5.56 Å². The highest BCUT2D eigenvalue weighted by Gasteiger charge is 2.29. The molecule has 0 radical (unpaired) electrons. The van der Waals surface area contributed by atoms with Gasteiger partial charge in [-0.05, 0) is 41.0 Å². The van der Waals surface area contributed by atoms with Crippen LogP contribution in [0.3, 0.4) is 0 Å². The summed E-state index contributed by atoms with van der Waals surface area (Å²) < 4.78 is 0. The largest absolute Gasteiger partial charge is 0.0654 e. The Bertz CT molecular complexity index is 529. The van der Waals surface area contributed by atoms with Crippen LogP contribution in [0.15, 0.2) is 42.5 Å². The molecule has 20 heavy (non-hydrogen) atoms. The highest BCUT2D eigenvalue weighted by atomic mass is 14.3. The first-order valence-corrected chi connectivity index (χ1v) is 8.25. The molecule has 108 valence electrons. The molecule has 0 unspecified atom stereocenters. The van der Waals surface area contributed by atoms with E-state index in [1.165, 1.54) is 49.3 Å². The van der Waals surface area contributed by atoms with Gasteiger partial charge in [-0.3, -0.25) is 0 Å². The Morgan fingerprint density at radius 2 is 1.50 bits per heavy atom. The summed E-state index contributed by atoms with van der Waals surface area (Å²) >= 11 is 0. The van der Waals surface area contributed by atoms with Gasteiger partial charge in [0.1, 0.15) is 0 Å². The topological polar surface area (TPSA) is 0 Å². The van der Waals surface area contributed by atoms with Gasteiger partial charge in [0.05, 0.1) is 0 Å². The zero-order valence-corrected chi connectivity index (χ0v) is 13.3. The van der Waals surface area contributed by atoms with Crippen molar-refractivity contribution in [2.75, 3.05) is 0 Å². The number of hydrogen-bond donors (Lipinski definition) is 0. The van der Waals surface area contributed by atoms with E-state index in [-0.39, 0.29) is 0 Å². The van der Waals surface area contributed by atoms with Gasteiger partial charge in [0, 0.05) is 0 Å². The summed E-state index contributed by atoms with van der Waals surface area (Å²) in [5.74, 6) is 0. The summed E-state index contributed by atoms with van der Waals surface area (Å²) in [6, 6.07) is 15.7. The summed E-state index contributed by atoms with van der Waals surface area (Å²) in [6.07, 6.45) is 7.80. The monoisotopic (exact) mass is 268 g/mol. The van der Waals surface area contributed by atoms with Crippen LogP contribution in [-0.4, -0.2) is 0 Å². The maximum atomic E-state index is 2.36. The third kappa shape index (κ3) is 2.90. The molecule has 0 heterocycles. The molecule has 0 heteroatoms. The van der Waals surface area contributed by atoms with Crippen LogP contribution in [0, 0.1) is 0 Å². The fourth-order valence-electron chi connectivity index (χ4n) is 3.52. The highest BCUT2D eigenvalue weighted by Crippen LogP contribution is 2.40. The normalized spacial score (nSPS) is 11.9. The molecule has 0 amide bonds. The lowest BCUT2D eigenvalue weighted by atomic mass is 9.71. The maximum Gasteiger partial charge on any atom is -0.00461 e. The number of unbranched alkanes of at least 4 members (excludes halogenated alkanes) is 2. The molecule has 0 saturated carbocycles. The first-order chi connectivity index (χ1) is 9.77. The van der Waals surface area contributed by atoms with Gasteiger partial charge < -0.3 is 0 Å². The standard InChI is InChI=1S/C20H28/c1-4-7-10-16-20(5-2,6-3)19-15-11-13-17-12-8-9-14-18(17)19/h8-9,11-15H,4-7,10,16H2,1-3H3. The van der Waals surface area contributed by atoms with E-state index in [9.17, 15) is 0 Å². The molecule has 0 bridgehead atoms. The lowest BCUT2D eigenvalue weighted by Crippen LogP contribution is -2.24. The van der Waals surface area contributed by atoms with Crippen LogP contribution in [0.5, 0.6) is 0 Å². The van der Waals surface area contributed by atoms with E-state index in [2.05, 4.69) is 63.2 Å². The van der Waals surface area contributed by atoms with E-state index in [4.69, 9.17) is 0 Å². The summed E-state index contributed by atoms with van der Waals surface area (Å²) in [7, 11) is 0. The van der Waals surface area contributed by atoms with Crippen molar-refractivity contribution in [3.05, 3.63) is 48.0 Å². The molecule has 0 aliphatic heterocycles. The highest BCUT2D eigenvalue weighted by molar-refractivity contribution is 5.86. The van der Waals surface area contributed by atoms with Crippen molar-refractivity contribution >= 4 is 10.8 Å². The van der Waals surface area contributed by atoms with E-state index in [0.717, 1.165) is 0 Å². The molecule has 0 aliphatic rings. The minimum atomic E-state index is 0.357. The number of fused-ring (bicyclic) bond motifs is 1. The van der Waals surface area contributed by atoms with Crippen LogP contribution < -0.4 is 0 Å².